The molecule has 0 aliphatic carbocycles. The molecule has 1 N–H and O–H groups in total. The smallest absolute Gasteiger partial charge is 0.240 e. The highest BCUT2D eigenvalue weighted by Gasteiger charge is 2.13. The lowest BCUT2D eigenvalue weighted by Crippen LogP contribution is -2.26. The molecule has 106 valence electrons. The van der Waals surface area contributed by atoms with Crippen LogP contribution in [0.1, 0.15) is 5.56 Å². The second kappa shape index (κ2) is 6.30. The van der Waals surface area contributed by atoms with Gasteiger partial charge in [-0.3, -0.25) is 0 Å². The van der Waals surface area contributed by atoms with Gasteiger partial charge < -0.3 is 0 Å². The van der Waals surface area contributed by atoms with Crippen molar-refractivity contribution < 1.29 is 12.8 Å². The predicted molar refractivity (Wildman–Crippen MR) is 74.5 cm³/mol. The fraction of sp³-hybridized carbons (Fsp3) is 0.154. The number of benzene rings is 1. The van der Waals surface area contributed by atoms with Crippen molar-refractivity contribution >= 4 is 21.6 Å². The van der Waals surface area contributed by atoms with Crippen LogP contribution in [-0.4, -0.2) is 19.9 Å². The van der Waals surface area contributed by atoms with Crippen molar-refractivity contribution in [2.45, 2.75) is 11.3 Å². The fourth-order valence-electron chi connectivity index (χ4n) is 1.66. The Morgan fingerprint density at radius 1 is 1.25 bits per heavy atom. The van der Waals surface area contributed by atoms with E-state index in [0.29, 0.717) is 6.42 Å². The van der Waals surface area contributed by atoms with Gasteiger partial charge in [-0.1, -0.05) is 23.7 Å². The third kappa shape index (κ3) is 4.00. The van der Waals surface area contributed by atoms with E-state index in [1.165, 1.54) is 30.5 Å². The van der Waals surface area contributed by atoms with E-state index in [1.54, 1.807) is 12.1 Å². The van der Waals surface area contributed by atoms with Gasteiger partial charge in [0.25, 0.3) is 0 Å². The van der Waals surface area contributed by atoms with Crippen LogP contribution in [-0.2, 0) is 16.4 Å². The largest absolute Gasteiger partial charge is 0.244 e. The highest BCUT2D eigenvalue weighted by Crippen LogP contribution is 2.12. The summed E-state index contributed by atoms with van der Waals surface area (Å²) in [6.07, 6.45) is 1.72. The van der Waals surface area contributed by atoms with Gasteiger partial charge in [0.15, 0.2) is 0 Å². The zero-order chi connectivity index (χ0) is 14.6. The van der Waals surface area contributed by atoms with E-state index >= 15 is 0 Å². The number of nitrogens with zero attached hydrogens (tertiary/aromatic N) is 1. The second-order valence-corrected chi connectivity index (χ2v) is 6.25. The molecule has 7 heteroatoms. The average Bonchev–Trinajstić information content (AvgIpc) is 2.38. The van der Waals surface area contributed by atoms with Gasteiger partial charge in [0.2, 0.25) is 10.0 Å². The number of hydrogen-bond acceptors (Lipinski definition) is 3. The molecule has 1 heterocycles. The number of nitrogens with one attached hydrogen (secondary N) is 1. The summed E-state index contributed by atoms with van der Waals surface area (Å²) in [6, 6.07) is 8.66. The van der Waals surface area contributed by atoms with Gasteiger partial charge in [-0.05, 0) is 36.2 Å². The molecule has 1 aromatic carbocycles. The van der Waals surface area contributed by atoms with Crippen LogP contribution in [0.3, 0.4) is 0 Å². The molecule has 0 atom stereocenters. The summed E-state index contributed by atoms with van der Waals surface area (Å²) in [5.74, 6) is -0.341. The summed E-state index contributed by atoms with van der Waals surface area (Å²) < 4.78 is 39.4. The quantitative estimate of drug-likeness (QED) is 0.862. The van der Waals surface area contributed by atoms with E-state index in [1.807, 2.05) is 0 Å². The van der Waals surface area contributed by atoms with Gasteiger partial charge in [-0.15, -0.1) is 0 Å². The summed E-state index contributed by atoms with van der Waals surface area (Å²) in [6.45, 7) is 0.172. The minimum absolute atomic E-state index is 0.0525. The second-order valence-electron chi connectivity index (χ2n) is 4.09. The number of halogens is 2. The SMILES string of the molecule is O=S(=O)(NCCc1cccc(F)c1)c1ccnc(Cl)c1. The Bertz CT molecular complexity index is 707. The first kappa shape index (κ1) is 14.9. The van der Waals surface area contributed by atoms with Crippen molar-refractivity contribution in [3.05, 3.63) is 59.1 Å². The topological polar surface area (TPSA) is 59.1 Å². The van der Waals surface area contributed by atoms with Crippen LogP contribution in [0.5, 0.6) is 0 Å². The highest BCUT2D eigenvalue weighted by atomic mass is 35.5. The number of pyridine rings is 1. The molecule has 2 aromatic rings. The normalized spacial score (nSPS) is 11.5. The molecule has 1 aromatic heterocycles. The minimum atomic E-state index is -3.63. The monoisotopic (exact) mass is 314 g/mol. The molecule has 0 spiro atoms. The summed E-state index contributed by atoms with van der Waals surface area (Å²) in [7, 11) is -3.63. The van der Waals surface area contributed by atoms with Crippen molar-refractivity contribution in [2.75, 3.05) is 6.54 Å². The minimum Gasteiger partial charge on any atom is -0.244 e. The molecule has 0 saturated carbocycles. The number of aromatic nitrogens is 1. The van der Waals surface area contributed by atoms with Gasteiger partial charge in [0, 0.05) is 12.7 Å². The lowest BCUT2D eigenvalue weighted by atomic mass is 10.1. The molecule has 20 heavy (non-hydrogen) atoms. The van der Waals surface area contributed by atoms with E-state index in [0.717, 1.165) is 5.56 Å². The predicted octanol–water partition coefficient (Wildman–Crippen LogP) is 2.40. The zero-order valence-corrected chi connectivity index (χ0v) is 12.0. The molecule has 0 fully saturated rings. The third-order valence-corrected chi connectivity index (χ3v) is 4.27. The van der Waals surface area contributed by atoms with E-state index < -0.39 is 10.0 Å². The maximum Gasteiger partial charge on any atom is 0.240 e. The van der Waals surface area contributed by atoms with Gasteiger partial charge in [-0.25, -0.2) is 22.5 Å². The van der Waals surface area contributed by atoms with E-state index in [2.05, 4.69) is 9.71 Å². The Hall–Kier alpha value is -1.50. The van der Waals surface area contributed by atoms with Crippen LogP contribution in [0.25, 0.3) is 0 Å². The Balaban J connectivity index is 2.00. The van der Waals surface area contributed by atoms with Crippen molar-refractivity contribution in [3.8, 4) is 0 Å². The first-order chi connectivity index (χ1) is 9.47. The number of hydrogen-bond donors (Lipinski definition) is 1. The average molecular weight is 315 g/mol. The van der Waals surface area contributed by atoms with Crippen LogP contribution in [0.15, 0.2) is 47.5 Å². The molecule has 0 aliphatic heterocycles. The Morgan fingerprint density at radius 3 is 2.75 bits per heavy atom. The Morgan fingerprint density at radius 2 is 2.05 bits per heavy atom. The van der Waals surface area contributed by atoms with E-state index in [-0.39, 0.29) is 22.4 Å². The number of rotatable bonds is 5. The zero-order valence-electron chi connectivity index (χ0n) is 10.4. The van der Waals surface area contributed by atoms with E-state index in [4.69, 9.17) is 11.6 Å². The van der Waals surface area contributed by atoms with Crippen LogP contribution >= 0.6 is 11.6 Å². The molecule has 0 bridgehead atoms. The fourth-order valence-corrected chi connectivity index (χ4v) is 2.94. The van der Waals surface area contributed by atoms with Crippen molar-refractivity contribution in [1.82, 2.24) is 9.71 Å². The van der Waals surface area contributed by atoms with Crippen LogP contribution in [0.2, 0.25) is 5.15 Å². The molecular formula is C13H12ClFN2O2S. The Labute approximate surface area is 121 Å². The van der Waals surface area contributed by atoms with Crippen LogP contribution < -0.4 is 4.72 Å². The number of sulfonamides is 1. The molecule has 4 nitrogen and oxygen atoms in total. The summed E-state index contributed by atoms with van der Waals surface area (Å²) in [5, 5.41) is 0.109. The standard InChI is InChI=1S/C13H12ClFN2O2S/c14-13-9-12(5-6-16-13)20(18,19)17-7-4-10-2-1-3-11(15)8-10/h1-3,5-6,8-9,17H,4,7H2. The molecular weight excluding hydrogens is 303 g/mol. The van der Waals surface area contributed by atoms with Gasteiger partial charge in [-0.2, -0.15) is 0 Å². The summed E-state index contributed by atoms with van der Waals surface area (Å²) >= 11 is 5.65. The Kier molecular flexibility index (Phi) is 4.69. The molecule has 0 radical (unpaired) electrons. The summed E-state index contributed by atoms with van der Waals surface area (Å²) in [4.78, 5) is 3.77. The maximum atomic E-state index is 13.0. The van der Waals surface area contributed by atoms with Crippen molar-refractivity contribution in [3.63, 3.8) is 0 Å². The maximum absolute atomic E-state index is 13.0. The molecule has 0 unspecified atom stereocenters. The molecule has 2 rings (SSSR count). The van der Waals surface area contributed by atoms with Crippen LogP contribution in [0, 0.1) is 5.82 Å². The third-order valence-electron chi connectivity index (χ3n) is 2.60. The highest BCUT2D eigenvalue weighted by molar-refractivity contribution is 7.89. The molecule has 0 aliphatic rings. The van der Waals surface area contributed by atoms with E-state index in [9.17, 15) is 12.8 Å². The van der Waals surface area contributed by atoms with Gasteiger partial charge >= 0.3 is 0 Å². The molecule has 0 saturated heterocycles. The van der Waals surface area contributed by atoms with Crippen molar-refractivity contribution in [2.24, 2.45) is 0 Å². The summed E-state index contributed by atoms with van der Waals surface area (Å²) in [5.41, 5.74) is 0.723. The lowest BCUT2D eigenvalue weighted by molar-refractivity contribution is 0.581. The molecule has 0 amide bonds. The first-order valence-electron chi connectivity index (χ1n) is 5.83. The van der Waals surface area contributed by atoms with Gasteiger partial charge in [0.1, 0.15) is 11.0 Å². The van der Waals surface area contributed by atoms with Gasteiger partial charge in [0.05, 0.1) is 4.90 Å². The first-order valence-corrected chi connectivity index (χ1v) is 7.69. The van der Waals surface area contributed by atoms with Crippen molar-refractivity contribution in [1.29, 1.82) is 0 Å². The lowest BCUT2D eigenvalue weighted by Gasteiger charge is -2.07. The van der Waals surface area contributed by atoms with Crippen LogP contribution in [0.4, 0.5) is 4.39 Å².